The van der Waals surface area contributed by atoms with Gasteiger partial charge >= 0.3 is 0 Å². The van der Waals surface area contributed by atoms with Crippen LogP contribution in [0.15, 0.2) is 12.4 Å². The van der Waals surface area contributed by atoms with E-state index in [1.807, 2.05) is 24.0 Å². The predicted molar refractivity (Wildman–Crippen MR) is 50.3 cm³/mol. The molecule has 2 heterocycles. The van der Waals surface area contributed by atoms with Crippen molar-refractivity contribution in [1.82, 2.24) is 14.8 Å². The van der Waals surface area contributed by atoms with Crippen LogP contribution in [0.1, 0.15) is 12.5 Å². The maximum atomic E-state index is 9.24. The molecule has 1 aromatic heterocycles. The Kier molecular flexibility index (Phi) is 2.81. The molecule has 0 spiro atoms. The van der Waals surface area contributed by atoms with E-state index >= 15 is 0 Å². The van der Waals surface area contributed by atoms with Gasteiger partial charge in [-0.3, -0.25) is 9.52 Å². The molecule has 5 heteroatoms. The summed E-state index contributed by atoms with van der Waals surface area (Å²) >= 11 is 0. The number of nitrogens with zero attached hydrogens (tertiary/aromatic N) is 3. The zero-order valence-corrected chi connectivity index (χ0v) is 8.26. The summed E-state index contributed by atoms with van der Waals surface area (Å²) < 4.78 is 1.88. The second kappa shape index (κ2) is 4.08. The first-order valence-electron chi connectivity index (χ1n) is 4.85. The summed E-state index contributed by atoms with van der Waals surface area (Å²) in [6.07, 6.45) is 3.47. The number of rotatable bonds is 3. The summed E-state index contributed by atoms with van der Waals surface area (Å²) in [5.74, 6) is 0. The molecule has 1 N–H and O–H groups in total. The topological polar surface area (TPSA) is 50.5 Å². The third-order valence-electron chi connectivity index (χ3n) is 2.23. The summed E-state index contributed by atoms with van der Waals surface area (Å²) in [5, 5.41) is 15.2. The Hall–Kier alpha value is -0.910. The molecule has 1 fully saturated rings. The van der Waals surface area contributed by atoms with E-state index in [-0.39, 0.29) is 6.10 Å². The first kappa shape index (κ1) is 9.64. The fourth-order valence-corrected chi connectivity index (χ4v) is 1.51. The van der Waals surface area contributed by atoms with Gasteiger partial charge in [0.2, 0.25) is 0 Å². The van der Waals surface area contributed by atoms with Crippen LogP contribution < -0.4 is 0 Å². The third kappa shape index (κ3) is 2.12. The van der Waals surface area contributed by atoms with Gasteiger partial charge in [0.1, 0.15) is 0 Å². The van der Waals surface area contributed by atoms with Crippen LogP contribution in [-0.2, 0) is 17.9 Å². The molecule has 0 amide bonds. The van der Waals surface area contributed by atoms with Crippen LogP contribution in [0, 0.1) is 0 Å². The van der Waals surface area contributed by atoms with E-state index < -0.39 is 0 Å². The summed E-state index contributed by atoms with van der Waals surface area (Å²) in [6.45, 7) is 4.60. The molecule has 2 rings (SSSR count). The Morgan fingerprint density at radius 1 is 1.71 bits per heavy atom. The van der Waals surface area contributed by atoms with Crippen molar-refractivity contribution >= 4 is 0 Å². The van der Waals surface area contributed by atoms with Crippen LogP contribution in [0.3, 0.4) is 0 Å². The largest absolute Gasteiger partial charge is 0.389 e. The Morgan fingerprint density at radius 2 is 2.57 bits per heavy atom. The van der Waals surface area contributed by atoms with Gasteiger partial charge in [-0.05, 0) is 6.92 Å². The van der Waals surface area contributed by atoms with Crippen molar-refractivity contribution in [3.63, 3.8) is 0 Å². The lowest BCUT2D eigenvalue weighted by molar-refractivity contribution is -0.117. The number of aliphatic hydroxyl groups is 1. The molecule has 0 saturated carbocycles. The number of hydrogen-bond acceptors (Lipinski definition) is 4. The number of β-amino-alcohol motifs (C(OH)–C–C–N with tert-alkyl or cyclic N) is 1. The van der Waals surface area contributed by atoms with Gasteiger partial charge in [-0.15, -0.1) is 0 Å². The van der Waals surface area contributed by atoms with Gasteiger partial charge in [0, 0.05) is 18.3 Å². The highest BCUT2D eigenvalue weighted by atomic mass is 16.7. The molecule has 0 unspecified atom stereocenters. The van der Waals surface area contributed by atoms with Crippen molar-refractivity contribution in [1.29, 1.82) is 0 Å². The molecule has 1 atom stereocenters. The highest BCUT2D eigenvalue weighted by Crippen LogP contribution is 2.10. The van der Waals surface area contributed by atoms with Crippen LogP contribution in [0.2, 0.25) is 0 Å². The summed E-state index contributed by atoms with van der Waals surface area (Å²) in [4.78, 5) is 5.26. The van der Waals surface area contributed by atoms with Gasteiger partial charge in [0.25, 0.3) is 0 Å². The number of hydrogen-bond donors (Lipinski definition) is 1. The van der Waals surface area contributed by atoms with Crippen molar-refractivity contribution in [2.24, 2.45) is 0 Å². The molecule has 1 saturated heterocycles. The van der Waals surface area contributed by atoms with E-state index in [4.69, 9.17) is 4.84 Å². The van der Waals surface area contributed by atoms with Gasteiger partial charge in [-0.1, -0.05) is 0 Å². The van der Waals surface area contributed by atoms with Gasteiger partial charge in [-0.25, -0.2) is 0 Å². The van der Waals surface area contributed by atoms with Crippen LogP contribution in [0.4, 0.5) is 0 Å². The van der Waals surface area contributed by atoms with Crippen molar-refractivity contribution in [2.45, 2.75) is 26.1 Å². The monoisotopic (exact) mass is 197 g/mol. The van der Waals surface area contributed by atoms with E-state index in [0.717, 1.165) is 12.1 Å². The Bertz CT molecular complexity index is 300. The van der Waals surface area contributed by atoms with Gasteiger partial charge < -0.3 is 5.11 Å². The maximum Gasteiger partial charge on any atom is 0.0958 e. The molecule has 14 heavy (non-hydrogen) atoms. The van der Waals surface area contributed by atoms with E-state index in [1.54, 1.807) is 5.06 Å². The van der Waals surface area contributed by atoms with Crippen molar-refractivity contribution in [2.75, 3.05) is 13.2 Å². The molecule has 0 bridgehead atoms. The SMILES string of the molecule is CCn1cc(CN2C[C@H](O)CO2)cn1. The minimum atomic E-state index is -0.351. The molecule has 1 aliphatic rings. The Balaban J connectivity index is 1.90. The molecular weight excluding hydrogens is 182 g/mol. The molecule has 5 nitrogen and oxygen atoms in total. The van der Waals surface area contributed by atoms with Gasteiger partial charge in [0.05, 0.1) is 32.0 Å². The molecular formula is C9H15N3O2. The fourth-order valence-electron chi connectivity index (χ4n) is 1.51. The van der Waals surface area contributed by atoms with E-state index in [1.165, 1.54) is 0 Å². The molecule has 0 aliphatic carbocycles. The van der Waals surface area contributed by atoms with Crippen molar-refractivity contribution in [3.05, 3.63) is 18.0 Å². The van der Waals surface area contributed by atoms with E-state index in [2.05, 4.69) is 5.10 Å². The van der Waals surface area contributed by atoms with E-state index in [9.17, 15) is 5.11 Å². The summed E-state index contributed by atoms with van der Waals surface area (Å²) in [7, 11) is 0. The van der Waals surface area contributed by atoms with Crippen LogP contribution in [0.25, 0.3) is 0 Å². The Morgan fingerprint density at radius 3 is 3.14 bits per heavy atom. The van der Waals surface area contributed by atoms with Gasteiger partial charge in [0.15, 0.2) is 0 Å². The van der Waals surface area contributed by atoms with E-state index in [0.29, 0.717) is 19.7 Å². The minimum absolute atomic E-state index is 0.351. The summed E-state index contributed by atoms with van der Waals surface area (Å²) in [5.41, 5.74) is 1.11. The van der Waals surface area contributed by atoms with Crippen LogP contribution >= 0.6 is 0 Å². The number of aryl methyl sites for hydroxylation is 1. The summed E-state index contributed by atoms with van der Waals surface area (Å²) in [6, 6.07) is 0. The minimum Gasteiger partial charge on any atom is -0.389 e. The first-order chi connectivity index (χ1) is 6.78. The zero-order valence-electron chi connectivity index (χ0n) is 8.26. The highest BCUT2D eigenvalue weighted by molar-refractivity contribution is 5.03. The average Bonchev–Trinajstić information content (AvgIpc) is 2.76. The third-order valence-corrected chi connectivity index (χ3v) is 2.23. The van der Waals surface area contributed by atoms with Crippen molar-refractivity contribution < 1.29 is 9.94 Å². The zero-order chi connectivity index (χ0) is 9.97. The lowest BCUT2D eigenvalue weighted by Gasteiger charge is -2.11. The second-order valence-electron chi connectivity index (χ2n) is 3.48. The molecule has 1 aliphatic heterocycles. The predicted octanol–water partition coefficient (Wildman–Crippen LogP) is 0.0111. The normalized spacial score (nSPS) is 23.1. The molecule has 78 valence electrons. The van der Waals surface area contributed by atoms with Crippen LogP contribution in [-0.4, -0.2) is 39.2 Å². The lowest BCUT2D eigenvalue weighted by Crippen LogP contribution is -2.20. The number of aromatic nitrogens is 2. The molecule has 0 radical (unpaired) electrons. The second-order valence-corrected chi connectivity index (χ2v) is 3.48. The standard InChI is InChI=1S/C9H15N3O2/c1-2-11-4-8(3-10-11)5-12-6-9(13)7-14-12/h3-4,9,13H,2,5-7H2,1H3/t9-/m0/s1. The number of hydroxylamine groups is 2. The average molecular weight is 197 g/mol. The number of aliphatic hydroxyl groups excluding tert-OH is 1. The van der Waals surface area contributed by atoms with Gasteiger partial charge in [-0.2, -0.15) is 10.2 Å². The first-order valence-corrected chi connectivity index (χ1v) is 4.85. The maximum absolute atomic E-state index is 9.24. The van der Waals surface area contributed by atoms with Crippen molar-refractivity contribution in [3.8, 4) is 0 Å². The Labute approximate surface area is 82.8 Å². The lowest BCUT2D eigenvalue weighted by atomic mass is 10.3. The molecule has 0 aromatic carbocycles. The smallest absolute Gasteiger partial charge is 0.0958 e. The molecule has 1 aromatic rings. The fraction of sp³-hybridized carbons (Fsp3) is 0.667. The van der Waals surface area contributed by atoms with Crippen LogP contribution in [0.5, 0.6) is 0 Å². The highest BCUT2D eigenvalue weighted by Gasteiger charge is 2.21. The quantitative estimate of drug-likeness (QED) is 0.741.